The first-order valence-corrected chi connectivity index (χ1v) is 5.13. The number of halogens is 1. The zero-order chi connectivity index (χ0) is 11.4. The number of nitrogens with one attached hydrogen (secondary N) is 1. The van der Waals surface area contributed by atoms with Crippen LogP contribution in [0.5, 0.6) is 5.75 Å². The predicted octanol–water partition coefficient (Wildman–Crippen LogP) is 1.65. The second kappa shape index (κ2) is 4.90. The molecule has 16 heavy (non-hydrogen) atoms. The molecule has 84 valence electrons. The van der Waals surface area contributed by atoms with Crippen molar-refractivity contribution < 1.29 is 13.9 Å². The fourth-order valence-electron chi connectivity index (χ4n) is 1.47. The molecule has 0 saturated carbocycles. The highest BCUT2D eigenvalue weighted by molar-refractivity contribution is 5.90. The minimum Gasteiger partial charge on any atom is -0.423 e. The van der Waals surface area contributed by atoms with Crippen LogP contribution >= 0.6 is 0 Å². The van der Waals surface area contributed by atoms with E-state index in [1.807, 2.05) is 6.08 Å². The number of benzene rings is 1. The van der Waals surface area contributed by atoms with E-state index in [0.717, 1.165) is 13.0 Å². The molecule has 1 heterocycles. The number of esters is 1. The van der Waals surface area contributed by atoms with E-state index in [-0.39, 0.29) is 11.8 Å². The quantitative estimate of drug-likeness (QED) is 0.609. The molecule has 1 N–H and O–H groups in total. The average molecular weight is 221 g/mol. The van der Waals surface area contributed by atoms with Crippen molar-refractivity contribution in [2.24, 2.45) is 0 Å². The maximum atomic E-state index is 12.6. The summed E-state index contributed by atoms with van der Waals surface area (Å²) in [5.74, 6) is -0.366. The summed E-state index contributed by atoms with van der Waals surface area (Å²) in [5.41, 5.74) is 0.621. The molecule has 0 amide bonds. The van der Waals surface area contributed by atoms with Gasteiger partial charge < -0.3 is 10.1 Å². The van der Waals surface area contributed by atoms with Crippen molar-refractivity contribution in [2.45, 2.75) is 6.42 Å². The summed E-state index contributed by atoms with van der Waals surface area (Å²) in [4.78, 5) is 11.6. The third-order valence-electron chi connectivity index (χ3n) is 2.31. The molecule has 0 fully saturated rings. The van der Waals surface area contributed by atoms with Gasteiger partial charge in [0.25, 0.3) is 0 Å². The molecule has 0 aliphatic carbocycles. The van der Waals surface area contributed by atoms with Crippen LogP contribution in [-0.4, -0.2) is 19.1 Å². The third-order valence-corrected chi connectivity index (χ3v) is 2.31. The summed E-state index contributed by atoms with van der Waals surface area (Å²) >= 11 is 0. The van der Waals surface area contributed by atoms with Gasteiger partial charge in [0.1, 0.15) is 11.6 Å². The lowest BCUT2D eigenvalue weighted by atomic mass is 10.1. The summed E-state index contributed by atoms with van der Waals surface area (Å²) in [6, 6.07) is 5.39. The van der Waals surface area contributed by atoms with Crippen LogP contribution in [0.25, 0.3) is 0 Å². The Morgan fingerprint density at radius 2 is 2.06 bits per heavy atom. The molecule has 0 bridgehead atoms. The normalized spacial score (nSPS) is 15.4. The van der Waals surface area contributed by atoms with Crippen molar-refractivity contribution >= 4 is 5.97 Å². The highest BCUT2D eigenvalue weighted by Crippen LogP contribution is 2.13. The Morgan fingerprint density at radius 3 is 2.69 bits per heavy atom. The van der Waals surface area contributed by atoms with Crippen LogP contribution in [0.2, 0.25) is 0 Å². The first kappa shape index (κ1) is 10.8. The van der Waals surface area contributed by atoms with Crippen molar-refractivity contribution in [1.29, 1.82) is 0 Å². The van der Waals surface area contributed by atoms with Crippen LogP contribution in [0.4, 0.5) is 4.39 Å². The smallest absolute Gasteiger partial charge is 0.340 e. The minimum absolute atomic E-state index is 0.349. The van der Waals surface area contributed by atoms with Gasteiger partial charge in [0.05, 0.1) is 0 Å². The number of ether oxygens (including phenoxy) is 1. The summed E-state index contributed by atoms with van der Waals surface area (Å²) in [6.07, 6.45) is 2.69. The summed E-state index contributed by atoms with van der Waals surface area (Å²) in [6.45, 7) is 1.41. The highest BCUT2D eigenvalue weighted by Gasteiger charge is 2.13. The first-order chi connectivity index (χ1) is 7.75. The molecular formula is C12H12FNO2. The maximum Gasteiger partial charge on any atom is 0.340 e. The van der Waals surface area contributed by atoms with Crippen LogP contribution in [0.1, 0.15) is 6.42 Å². The summed E-state index contributed by atoms with van der Waals surface area (Å²) in [5, 5.41) is 3.08. The third kappa shape index (κ3) is 2.67. The van der Waals surface area contributed by atoms with Crippen LogP contribution in [-0.2, 0) is 4.79 Å². The number of rotatable bonds is 2. The van der Waals surface area contributed by atoms with E-state index in [4.69, 9.17) is 4.74 Å². The Kier molecular flexibility index (Phi) is 3.31. The first-order valence-electron chi connectivity index (χ1n) is 5.13. The zero-order valence-electron chi connectivity index (χ0n) is 8.70. The zero-order valence-corrected chi connectivity index (χ0v) is 8.70. The van der Waals surface area contributed by atoms with Crippen molar-refractivity contribution in [3.8, 4) is 5.75 Å². The van der Waals surface area contributed by atoms with Crippen molar-refractivity contribution in [2.75, 3.05) is 13.1 Å². The van der Waals surface area contributed by atoms with Gasteiger partial charge in [0.2, 0.25) is 0 Å². The fourth-order valence-corrected chi connectivity index (χ4v) is 1.47. The van der Waals surface area contributed by atoms with Gasteiger partial charge in [-0.1, -0.05) is 6.08 Å². The molecule has 0 aromatic heterocycles. The van der Waals surface area contributed by atoms with Gasteiger partial charge in [-0.3, -0.25) is 0 Å². The van der Waals surface area contributed by atoms with Crippen molar-refractivity contribution in [3.63, 3.8) is 0 Å². The molecule has 1 aliphatic heterocycles. The molecule has 3 nitrogen and oxygen atoms in total. The molecule has 0 unspecified atom stereocenters. The van der Waals surface area contributed by atoms with Gasteiger partial charge >= 0.3 is 5.97 Å². The molecule has 1 aliphatic rings. The SMILES string of the molecule is O=C(Oc1ccc(F)cc1)C1=CCCNC1. The topological polar surface area (TPSA) is 38.3 Å². The molecule has 0 spiro atoms. The maximum absolute atomic E-state index is 12.6. The van der Waals surface area contributed by atoms with Gasteiger partial charge in [-0.05, 0) is 37.2 Å². The molecule has 0 radical (unpaired) electrons. The van der Waals surface area contributed by atoms with E-state index in [1.165, 1.54) is 24.3 Å². The van der Waals surface area contributed by atoms with E-state index in [2.05, 4.69) is 5.32 Å². The van der Waals surface area contributed by atoms with Gasteiger partial charge in [-0.2, -0.15) is 0 Å². The lowest BCUT2D eigenvalue weighted by Crippen LogP contribution is -2.28. The summed E-state index contributed by atoms with van der Waals surface area (Å²) in [7, 11) is 0. The van der Waals surface area contributed by atoms with Crippen molar-refractivity contribution in [1.82, 2.24) is 5.32 Å². The molecule has 0 atom stereocenters. The number of hydrogen-bond donors (Lipinski definition) is 1. The summed E-state index contributed by atoms with van der Waals surface area (Å²) < 4.78 is 17.7. The Balaban J connectivity index is 2.01. The lowest BCUT2D eigenvalue weighted by Gasteiger charge is -2.13. The largest absolute Gasteiger partial charge is 0.423 e. The molecule has 1 aromatic carbocycles. The molecule has 0 saturated heterocycles. The molecule has 4 heteroatoms. The van der Waals surface area contributed by atoms with Crippen LogP contribution in [0, 0.1) is 5.82 Å². The number of carbonyl (C=O) groups is 1. The highest BCUT2D eigenvalue weighted by atomic mass is 19.1. The van der Waals surface area contributed by atoms with Crippen molar-refractivity contribution in [3.05, 3.63) is 41.7 Å². The standard InChI is InChI=1S/C12H12FNO2/c13-10-3-5-11(6-4-10)16-12(15)9-2-1-7-14-8-9/h2-6,14H,1,7-8H2. The van der Waals surface area contributed by atoms with Gasteiger partial charge in [-0.15, -0.1) is 0 Å². The lowest BCUT2D eigenvalue weighted by molar-refractivity contribution is -0.130. The molecule has 1 aromatic rings. The van der Waals surface area contributed by atoms with Gasteiger partial charge in [0, 0.05) is 12.1 Å². The van der Waals surface area contributed by atoms with E-state index in [9.17, 15) is 9.18 Å². The molecule has 2 rings (SSSR count). The second-order valence-electron chi connectivity index (χ2n) is 3.54. The van der Waals surface area contributed by atoms with Crippen LogP contribution in [0.3, 0.4) is 0 Å². The van der Waals surface area contributed by atoms with Gasteiger partial charge in [0.15, 0.2) is 0 Å². The Bertz CT molecular complexity index is 412. The van der Waals surface area contributed by atoms with Gasteiger partial charge in [-0.25, -0.2) is 9.18 Å². The fraction of sp³-hybridized carbons (Fsp3) is 0.250. The predicted molar refractivity (Wildman–Crippen MR) is 57.6 cm³/mol. The Labute approximate surface area is 92.9 Å². The number of hydrogen-bond acceptors (Lipinski definition) is 3. The molecular weight excluding hydrogens is 209 g/mol. The minimum atomic E-state index is -0.376. The van der Waals surface area contributed by atoms with E-state index in [1.54, 1.807) is 0 Å². The number of carbonyl (C=O) groups excluding carboxylic acids is 1. The Hall–Kier alpha value is -1.68. The van der Waals surface area contributed by atoms with Crippen LogP contribution < -0.4 is 10.1 Å². The average Bonchev–Trinajstić information content (AvgIpc) is 2.33. The van der Waals surface area contributed by atoms with E-state index in [0.29, 0.717) is 17.9 Å². The van der Waals surface area contributed by atoms with E-state index >= 15 is 0 Å². The second-order valence-corrected chi connectivity index (χ2v) is 3.54. The van der Waals surface area contributed by atoms with Crippen LogP contribution in [0.15, 0.2) is 35.9 Å². The monoisotopic (exact) mass is 221 g/mol. The Morgan fingerprint density at radius 1 is 1.31 bits per heavy atom. The van der Waals surface area contributed by atoms with E-state index < -0.39 is 0 Å².